The normalized spacial score (nSPS) is 11.8. The first-order valence-corrected chi connectivity index (χ1v) is 9.52. The molecule has 0 radical (unpaired) electrons. The lowest BCUT2D eigenvalue weighted by Crippen LogP contribution is -2.37. The van der Waals surface area contributed by atoms with Gasteiger partial charge in [0.25, 0.3) is 5.91 Å². The Morgan fingerprint density at radius 3 is 2.64 bits per heavy atom. The fraction of sp³-hybridized carbons (Fsp3) is 0.318. The first kappa shape index (κ1) is 19.6. The van der Waals surface area contributed by atoms with Gasteiger partial charge in [-0.3, -0.25) is 4.79 Å². The Hall–Kier alpha value is -3.15. The van der Waals surface area contributed by atoms with E-state index in [9.17, 15) is 4.79 Å². The zero-order valence-electron chi connectivity index (χ0n) is 16.4. The molecule has 0 aliphatic rings. The van der Waals surface area contributed by atoms with Crippen LogP contribution in [0.1, 0.15) is 37.3 Å². The van der Waals surface area contributed by atoms with Crippen LogP contribution in [-0.4, -0.2) is 22.2 Å². The van der Waals surface area contributed by atoms with Crippen molar-refractivity contribution in [3.05, 3.63) is 65.5 Å². The molecule has 1 N–H and O–H groups in total. The molecular formula is C22H25N3O3. The summed E-state index contributed by atoms with van der Waals surface area (Å²) in [6.07, 6.45) is 0.943. The summed E-state index contributed by atoms with van der Waals surface area (Å²) in [4.78, 5) is 16.8. The van der Waals surface area contributed by atoms with Crippen molar-refractivity contribution in [1.82, 2.24) is 15.5 Å². The summed E-state index contributed by atoms with van der Waals surface area (Å²) in [6.45, 7) is 6.17. The molecule has 0 fully saturated rings. The summed E-state index contributed by atoms with van der Waals surface area (Å²) in [5.74, 6) is 1.33. The first-order valence-electron chi connectivity index (χ1n) is 9.52. The molecule has 1 unspecified atom stereocenters. The number of aromatic nitrogens is 2. The highest BCUT2D eigenvalue weighted by molar-refractivity contribution is 5.81. The van der Waals surface area contributed by atoms with Crippen LogP contribution < -0.4 is 10.1 Å². The van der Waals surface area contributed by atoms with Crippen molar-refractivity contribution in [1.29, 1.82) is 0 Å². The number of rotatable bonds is 8. The van der Waals surface area contributed by atoms with E-state index in [1.165, 1.54) is 5.56 Å². The van der Waals surface area contributed by atoms with Crippen molar-refractivity contribution in [2.75, 3.05) is 0 Å². The maximum atomic E-state index is 12.5. The third-order valence-corrected chi connectivity index (χ3v) is 4.43. The van der Waals surface area contributed by atoms with Crippen molar-refractivity contribution < 1.29 is 14.1 Å². The van der Waals surface area contributed by atoms with Crippen LogP contribution >= 0.6 is 0 Å². The van der Waals surface area contributed by atoms with Crippen molar-refractivity contribution in [2.24, 2.45) is 0 Å². The Morgan fingerprint density at radius 2 is 1.96 bits per heavy atom. The lowest BCUT2D eigenvalue weighted by molar-refractivity contribution is -0.128. The average Bonchev–Trinajstić information content (AvgIpc) is 3.20. The van der Waals surface area contributed by atoms with Gasteiger partial charge >= 0.3 is 0 Å². The van der Waals surface area contributed by atoms with E-state index in [1.807, 2.05) is 62.4 Å². The summed E-state index contributed by atoms with van der Waals surface area (Å²) in [5, 5.41) is 6.79. The highest BCUT2D eigenvalue weighted by atomic mass is 16.5. The zero-order chi connectivity index (χ0) is 19.9. The van der Waals surface area contributed by atoms with E-state index in [4.69, 9.17) is 9.26 Å². The van der Waals surface area contributed by atoms with Gasteiger partial charge in [-0.25, -0.2) is 0 Å². The number of amides is 1. The molecule has 0 saturated heterocycles. The quantitative estimate of drug-likeness (QED) is 0.638. The fourth-order valence-corrected chi connectivity index (χ4v) is 2.79. The van der Waals surface area contributed by atoms with Crippen molar-refractivity contribution >= 4 is 5.91 Å². The number of benzene rings is 2. The van der Waals surface area contributed by atoms with Gasteiger partial charge in [-0.1, -0.05) is 54.9 Å². The van der Waals surface area contributed by atoms with Gasteiger partial charge in [0, 0.05) is 5.56 Å². The molecule has 6 heteroatoms. The molecule has 1 aromatic heterocycles. The van der Waals surface area contributed by atoms with Crippen LogP contribution in [0.4, 0.5) is 0 Å². The molecule has 6 nitrogen and oxygen atoms in total. The van der Waals surface area contributed by atoms with Gasteiger partial charge in [0.15, 0.2) is 6.10 Å². The van der Waals surface area contributed by atoms with Gasteiger partial charge in [0.2, 0.25) is 11.7 Å². The maximum Gasteiger partial charge on any atom is 0.261 e. The van der Waals surface area contributed by atoms with E-state index < -0.39 is 6.10 Å². The smallest absolute Gasteiger partial charge is 0.261 e. The number of carbonyl (C=O) groups excluding carboxylic acids is 1. The van der Waals surface area contributed by atoms with E-state index in [-0.39, 0.29) is 12.5 Å². The van der Waals surface area contributed by atoms with Gasteiger partial charge in [0.05, 0.1) is 6.54 Å². The first-order chi connectivity index (χ1) is 13.6. The van der Waals surface area contributed by atoms with Crippen molar-refractivity contribution in [2.45, 2.75) is 46.3 Å². The van der Waals surface area contributed by atoms with Gasteiger partial charge < -0.3 is 14.6 Å². The molecule has 1 amide bonds. The minimum Gasteiger partial charge on any atom is -0.481 e. The molecule has 0 aliphatic heterocycles. The predicted octanol–water partition coefficient (Wildman–Crippen LogP) is 4.08. The summed E-state index contributed by atoms with van der Waals surface area (Å²) in [5.41, 5.74) is 3.23. The summed E-state index contributed by atoms with van der Waals surface area (Å²) < 4.78 is 11.1. The number of aryl methyl sites for hydroxylation is 2. The minimum atomic E-state index is -0.577. The lowest BCUT2D eigenvalue weighted by atomic mass is 10.1. The van der Waals surface area contributed by atoms with Crippen LogP contribution in [0, 0.1) is 6.92 Å². The molecule has 0 saturated carbocycles. The molecule has 146 valence electrons. The molecule has 3 rings (SSSR count). The van der Waals surface area contributed by atoms with Gasteiger partial charge in [0.1, 0.15) is 5.75 Å². The van der Waals surface area contributed by atoms with Crippen LogP contribution in [0.15, 0.2) is 53.1 Å². The Bertz CT molecular complexity index is 919. The Kier molecular flexibility index (Phi) is 6.42. The van der Waals surface area contributed by atoms with E-state index in [2.05, 4.69) is 22.4 Å². The van der Waals surface area contributed by atoms with E-state index in [0.29, 0.717) is 23.9 Å². The van der Waals surface area contributed by atoms with Gasteiger partial charge in [-0.2, -0.15) is 4.98 Å². The molecular weight excluding hydrogens is 354 g/mol. The van der Waals surface area contributed by atoms with Gasteiger partial charge in [-0.15, -0.1) is 0 Å². The standard InChI is InChI=1S/C22H25N3O3/c1-4-16-9-11-18(12-10-16)27-19(5-2)22(26)23-14-20-24-21(25-28-20)17-8-6-7-15(3)13-17/h6-13,19H,4-5,14H2,1-3H3,(H,23,26). The van der Waals surface area contributed by atoms with Crippen LogP contribution in [0.5, 0.6) is 5.75 Å². The van der Waals surface area contributed by atoms with Crippen molar-refractivity contribution in [3.63, 3.8) is 0 Å². The summed E-state index contributed by atoms with van der Waals surface area (Å²) in [7, 11) is 0. The Morgan fingerprint density at radius 1 is 1.18 bits per heavy atom. The molecule has 28 heavy (non-hydrogen) atoms. The largest absolute Gasteiger partial charge is 0.481 e. The Balaban J connectivity index is 1.57. The summed E-state index contributed by atoms with van der Waals surface area (Å²) in [6, 6.07) is 15.6. The number of nitrogens with zero attached hydrogens (tertiary/aromatic N) is 2. The van der Waals surface area contributed by atoms with E-state index in [0.717, 1.165) is 17.5 Å². The summed E-state index contributed by atoms with van der Waals surface area (Å²) >= 11 is 0. The molecule has 0 spiro atoms. The topological polar surface area (TPSA) is 77.2 Å². The Labute approximate surface area is 164 Å². The predicted molar refractivity (Wildman–Crippen MR) is 107 cm³/mol. The third kappa shape index (κ3) is 4.97. The minimum absolute atomic E-state index is 0.159. The second-order valence-electron chi connectivity index (χ2n) is 6.61. The van der Waals surface area contributed by atoms with E-state index >= 15 is 0 Å². The SMILES string of the molecule is CCc1ccc(OC(CC)C(=O)NCc2nc(-c3cccc(C)c3)no2)cc1. The second-order valence-corrected chi connectivity index (χ2v) is 6.61. The number of hydrogen-bond acceptors (Lipinski definition) is 5. The highest BCUT2D eigenvalue weighted by Gasteiger charge is 2.19. The molecule has 0 aliphatic carbocycles. The second kappa shape index (κ2) is 9.17. The number of nitrogens with one attached hydrogen (secondary N) is 1. The molecule has 1 atom stereocenters. The van der Waals surface area contributed by atoms with Crippen LogP contribution in [0.3, 0.4) is 0 Å². The number of hydrogen-bond donors (Lipinski definition) is 1. The van der Waals surface area contributed by atoms with Crippen molar-refractivity contribution in [3.8, 4) is 17.1 Å². The van der Waals surface area contributed by atoms with Crippen LogP contribution in [0.25, 0.3) is 11.4 Å². The zero-order valence-corrected chi connectivity index (χ0v) is 16.4. The average molecular weight is 379 g/mol. The highest BCUT2D eigenvalue weighted by Crippen LogP contribution is 2.18. The third-order valence-electron chi connectivity index (χ3n) is 4.43. The monoisotopic (exact) mass is 379 g/mol. The molecule has 3 aromatic rings. The molecule has 2 aromatic carbocycles. The number of carbonyl (C=O) groups is 1. The maximum absolute atomic E-state index is 12.5. The fourth-order valence-electron chi connectivity index (χ4n) is 2.79. The van der Waals surface area contributed by atoms with Crippen LogP contribution in [0.2, 0.25) is 0 Å². The molecule has 1 heterocycles. The number of ether oxygens (including phenoxy) is 1. The lowest BCUT2D eigenvalue weighted by Gasteiger charge is -2.17. The van der Waals surface area contributed by atoms with Gasteiger partial charge in [-0.05, 0) is 43.5 Å². The van der Waals surface area contributed by atoms with Crippen LogP contribution in [-0.2, 0) is 17.8 Å². The van der Waals surface area contributed by atoms with E-state index in [1.54, 1.807) is 0 Å². The molecule has 0 bridgehead atoms.